The van der Waals surface area contributed by atoms with Crippen molar-refractivity contribution in [2.24, 2.45) is 5.92 Å². The van der Waals surface area contributed by atoms with Gasteiger partial charge in [-0.1, -0.05) is 0 Å². The molecule has 8 heteroatoms. The summed E-state index contributed by atoms with van der Waals surface area (Å²) in [5, 5.41) is 0. The first-order chi connectivity index (χ1) is 13.9. The van der Waals surface area contributed by atoms with E-state index >= 15 is 0 Å². The molecule has 0 saturated carbocycles. The maximum atomic E-state index is 13.3. The van der Waals surface area contributed by atoms with Gasteiger partial charge in [0.1, 0.15) is 5.82 Å². The molecule has 0 spiro atoms. The quantitative estimate of drug-likeness (QED) is 0.791. The van der Waals surface area contributed by atoms with Crippen LogP contribution in [0.15, 0.2) is 42.5 Å². The number of halogens is 3. The minimum Gasteiger partial charge on any atom is -0.368 e. The van der Waals surface area contributed by atoms with Crippen molar-refractivity contribution in [2.45, 2.75) is 0 Å². The molecule has 0 N–H and O–H groups in total. The Bertz CT molecular complexity index is 921. The largest absolute Gasteiger partial charge is 0.368 e. The zero-order chi connectivity index (χ0) is 20.5. The summed E-state index contributed by atoms with van der Waals surface area (Å²) in [7, 11) is 0. The lowest BCUT2D eigenvalue weighted by molar-refractivity contribution is -0.140. The van der Waals surface area contributed by atoms with E-state index in [1.54, 1.807) is 17.0 Å². The number of benzene rings is 2. The predicted octanol–water partition coefficient (Wildman–Crippen LogP) is 2.52. The molecule has 2 aromatic rings. The van der Waals surface area contributed by atoms with Crippen LogP contribution in [0.3, 0.4) is 0 Å². The minimum atomic E-state index is -1.07. The number of hydrogen-bond donors (Lipinski definition) is 0. The third kappa shape index (κ3) is 3.92. The van der Waals surface area contributed by atoms with Crippen LogP contribution < -0.4 is 4.90 Å². The maximum absolute atomic E-state index is 13.3. The molecular formula is C21H20F3N3O2. The minimum absolute atomic E-state index is 0.00177. The van der Waals surface area contributed by atoms with Gasteiger partial charge in [0.25, 0.3) is 5.91 Å². The number of anilines is 1. The zero-order valence-corrected chi connectivity index (χ0v) is 15.7. The van der Waals surface area contributed by atoms with Crippen LogP contribution in [0.2, 0.25) is 0 Å². The summed E-state index contributed by atoms with van der Waals surface area (Å²) in [5.74, 6) is -3.04. The fourth-order valence-corrected chi connectivity index (χ4v) is 3.71. The standard InChI is InChI=1S/C21H20F3N3O2/c22-16-2-4-17(5-3-16)25-7-9-26(10-8-25)21(29)15-12-27(13-15)20(28)14-1-6-18(23)19(24)11-14/h1-6,11,15H,7-10,12-13H2. The highest BCUT2D eigenvalue weighted by Gasteiger charge is 2.39. The molecule has 0 aliphatic carbocycles. The van der Waals surface area contributed by atoms with Gasteiger partial charge in [0.05, 0.1) is 5.92 Å². The van der Waals surface area contributed by atoms with E-state index in [2.05, 4.69) is 4.90 Å². The molecule has 2 fully saturated rings. The summed E-state index contributed by atoms with van der Waals surface area (Å²) in [6, 6.07) is 9.32. The van der Waals surface area contributed by atoms with Gasteiger partial charge in [0.15, 0.2) is 11.6 Å². The first-order valence-corrected chi connectivity index (χ1v) is 9.46. The molecule has 0 atom stereocenters. The Morgan fingerprint density at radius 2 is 1.45 bits per heavy atom. The topological polar surface area (TPSA) is 43.9 Å². The van der Waals surface area contributed by atoms with E-state index in [4.69, 9.17) is 0 Å². The van der Waals surface area contributed by atoms with Crippen LogP contribution in [0.25, 0.3) is 0 Å². The van der Waals surface area contributed by atoms with Crippen LogP contribution in [0.5, 0.6) is 0 Å². The molecule has 4 rings (SSSR count). The van der Waals surface area contributed by atoms with Gasteiger partial charge in [-0.15, -0.1) is 0 Å². The number of amides is 2. The molecule has 29 heavy (non-hydrogen) atoms. The summed E-state index contributed by atoms with van der Waals surface area (Å²) in [6.45, 7) is 2.97. The van der Waals surface area contributed by atoms with Crippen LogP contribution in [-0.2, 0) is 4.79 Å². The lowest BCUT2D eigenvalue weighted by atomic mass is 9.96. The van der Waals surface area contributed by atoms with Crippen molar-refractivity contribution in [1.29, 1.82) is 0 Å². The van der Waals surface area contributed by atoms with Crippen LogP contribution >= 0.6 is 0 Å². The van der Waals surface area contributed by atoms with E-state index in [-0.39, 0.29) is 36.3 Å². The molecule has 152 valence electrons. The molecule has 0 bridgehead atoms. The SMILES string of the molecule is O=C(c1ccc(F)c(F)c1)N1CC(C(=O)N2CCN(c3ccc(F)cc3)CC2)C1. The Hall–Kier alpha value is -3.03. The van der Waals surface area contributed by atoms with Gasteiger partial charge in [-0.3, -0.25) is 9.59 Å². The van der Waals surface area contributed by atoms with E-state index in [1.807, 2.05) is 0 Å². The van der Waals surface area contributed by atoms with Crippen LogP contribution in [-0.4, -0.2) is 60.9 Å². The number of likely N-dealkylation sites (tertiary alicyclic amines) is 1. The van der Waals surface area contributed by atoms with Crippen LogP contribution in [0.1, 0.15) is 10.4 Å². The number of piperazine rings is 1. The van der Waals surface area contributed by atoms with Crippen molar-refractivity contribution in [1.82, 2.24) is 9.80 Å². The number of carbonyl (C=O) groups excluding carboxylic acids is 2. The van der Waals surface area contributed by atoms with E-state index in [0.29, 0.717) is 26.2 Å². The number of nitrogens with zero attached hydrogens (tertiary/aromatic N) is 3. The van der Waals surface area contributed by atoms with Crippen molar-refractivity contribution >= 4 is 17.5 Å². The van der Waals surface area contributed by atoms with Gasteiger partial charge in [-0.2, -0.15) is 0 Å². The molecular weight excluding hydrogens is 383 g/mol. The summed E-state index contributed by atoms with van der Waals surface area (Å²) in [4.78, 5) is 30.4. The van der Waals surface area contributed by atoms with E-state index in [9.17, 15) is 22.8 Å². The highest BCUT2D eigenvalue weighted by molar-refractivity contribution is 5.96. The first kappa shape index (κ1) is 19.3. The number of hydrogen-bond acceptors (Lipinski definition) is 3. The third-order valence-corrected chi connectivity index (χ3v) is 5.47. The Kier molecular flexibility index (Phi) is 5.17. The van der Waals surface area contributed by atoms with Crippen molar-refractivity contribution in [3.8, 4) is 0 Å². The van der Waals surface area contributed by atoms with Gasteiger partial charge in [0.2, 0.25) is 5.91 Å². The van der Waals surface area contributed by atoms with Crippen LogP contribution in [0, 0.1) is 23.4 Å². The summed E-state index contributed by atoms with van der Waals surface area (Å²) >= 11 is 0. The second-order valence-corrected chi connectivity index (χ2v) is 7.32. The van der Waals surface area contributed by atoms with Crippen molar-refractivity contribution < 1.29 is 22.8 Å². The van der Waals surface area contributed by atoms with Gasteiger partial charge >= 0.3 is 0 Å². The molecule has 0 unspecified atom stereocenters. The molecule has 2 amide bonds. The molecule has 0 radical (unpaired) electrons. The average Bonchev–Trinajstić information content (AvgIpc) is 2.69. The smallest absolute Gasteiger partial charge is 0.254 e. The number of carbonyl (C=O) groups is 2. The van der Waals surface area contributed by atoms with E-state index < -0.39 is 17.5 Å². The Balaban J connectivity index is 1.28. The van der Waals surface area contributed by atoms with Crippen molar-refractivity contribution in [2.75, 3.05) is 44.2 Å². The second kappa shape index (κ2) is 7.77. The van der Waals surface area contributed by atoms with Crippen molar-refractivity contribution in [3.63, 3.8) is 0 Å². The summed E-state index contributed by atoms with van der Waals surface area (Å²) < 4.78 is 39.4. The fourth-order valence-electron chi connectivity index (χ4n) is 3.71. The number of rotatable bonds is 3. The van der Waals surface area contributed by atoms with Crippen LogP contribution in [0.4, 0.5) is 18.9 Å². The zero-order valence-electron chi connectivity index (χ0n) is 15.7. The maximum Gasteiger partial charge on any atom is 0.254 e. The van der Waals surface area contributed by atoms with Crippen molar-refractivity contribution in [3.05, 3.63) is 65.5 Å². The first-order valence-electron chi connectivity index (χ1n) is 9.46. The highest BCUT2D eigenvalue weighted by atomic mass is 19.2. The van der Waals surface area contributed by atoms with Gasteiger partial charge in [0, 0.05) is 50.5 Å². The summed E-state index contributed by atoms with van der Waals surface area (Å²) in [5.41, 5.74) is 0.994. The van der Waals surface area contributed by atoms with Gasteiger partial charge in [-0.05, 0) is 42.5 Å². The molecule has 2 aromatic carbocycles. The monoisotopic (exact) mass is 403 g/mol. The molecule has 2 heterocycles. The molecule has 0 aromatic heterocycles. The van der Waals surface area contributed by atoms with E-state index in [1.165, 1.54) is 23.1 Å². The second-order valence-electron chi connectivity index (χ2n) is 7.32. The normalized spacial score (nSPS) is 17.3. The molecule has 2 aliphatic heterocycles. The Labute approximate surface area is 166 Å². The highest BCUT2D eigenvalue weighted by Crippen LogP contribution is 2.23. The molecule has 2 aliphatic rings. The third-order valence-electron chi connectivity index (χ3n) is 5.47. The molecule has 2 saturated heterocycles. The lowest BCUT2D eigenvalue weighted by Gasteiger charge is -2.43. The van der Waals surface area contributed by atoms with Gasteiger partial charge in [-0.25, -0.2) is 13.2 Å². The fraction of sp³-hybridized carbons (Fsp3) is 0.333. The predicted molar refractivity (Wildman–Crippen MR) is 101 cm³/mol. The van der Waals surface area contributed by atoms with Gasteiger partial charge < -0.3 is 14.7 Å². The Morgan fingerprint density at radius 3 is 2.07 bits per heavy atom. The Morgan fingerprint density at radius 1 is 0.793 bits per heavy atom. The average molecular weight is 403 g/mol. The lowest BCUT2D eigenvalue weighted by Crippen LogP contribution is -2.59. The van der Waals surface area contributed by atoms with E-state index in [0.717, 1.165) is 17.8 Å². The summed E-state index contributed by atoms with van der Waals surface area (Å²) in [6.07, 6.45) is 0. The molecule has 5 nitrogen and oxygen atoms in total.